The number of ether oxygens (including phenoxy) is 1. The summed E-state index contributed by atoms with van der Waals surface area (Å²) in [5.74, 6) is 0.763. The number of nitrogens with zero attached hydrogens (tertiary/aromatic N) is 1. The zero-order chi connectivity index (χ0) is 8.97. The van der Waals surface area contributed by atoms with Crippen molar-refractivity contribution in [1.82, 2.24) is 0 Å². The third kappa shape index (κ3) is 2.28. The smallest absolute Gasteiger partial charge is 0.190 e. The standard InChI is InChI=1S/C10H11NO/c1-8(2)12-10-6-4-5-9(7-10)11-3/h4-8H,1-2H3. The summed E-state index contributed by atoms with van der Waals surface area (Å²) in [4.78, 5) is 3.31. The average molecular weight is 161 g/mol. The van der Waals surface area contributed by atoms with Crippen molar-refractivity contribution in [2.45, 2.75) is 20.0 Å². The van der Waals surface area contributed by atoms with Crippen molar-refractivity contribution in [3.05, 3.63) is 35.7 Å². The third-order valence-corrected chi connectivity index (χ3v) is 1.32. The van der Waals surface area contributed by atoms with Gasteiger partial charge < -0.3 is 4.74 Å². The predicted octanol–water partition coefficient (Wildman–Crippen LogP) is 3.02. The topological polar surface area (TPSA) is 13.6 Å². The van der Waals surface area contributed by atoms with Crippen molar-refractivity contribution < 1.29 is 4.74 Å². The molecular formula is C10H11NO. The molecule has 0 atom stereocenters. The molecule has 0 spiro atoms. The van der Waals surface area contributed by atoms with Gasteiger partial charge in [-0.1, -0.05) is 12.1 Å². The SMILES string of the molecule is [C-]#[N+]c1cccc(OC(C)C)c1. The van der Waals surface area contributed by atoms with Crippen LogP contribution in [0.5, 0.6) is 5.75 Å². The molecule has 0 bridgehead atoms. The molecule has 0 N–H and O–H groups in total. The number of rotatable bonds is 2. The lowest BCUT2D eigenvalue weighted by molar-refractivity contribution is 0.242. The summed E-state index contributed by atoms with van der Waals surface area (Å²) >= 11 is 0. The first kappa shape index (κ1) is 8.61. The first-order valence-corrected chi connectivity index (χ1v) is 3.86. The largest absolute Gasteiger partial charge is 0.492 e. The molecule has 62 valence electrons. The summed E-state index contributed by atoms with van der Waals surface area (Å²) in [6.07, 6.45) is 0.158. The molecule has 0 radical (unpaired) electrons. The fraction of sp³-hybridized carbons (Fsp3) is 0.300. The normalized spacial score (nSPS) is 9.50. The number of benzene rings is 1. The van der Waals surface area contributed by atoms with Gasteiger partial charge in [-0.05, 0) is 26.0 Å². The maximum atomic E-state index is 6.79. The van der Waals surface area contributed by atoms with Crippen LogP contribution in [0.2, 0.25) is 0 Å². The number of hydrogen-bond donors (Lipinski definition) is 0. The first-order valence-electron chi connectivity index (χ1n) is 3.86. The van der Waals surface area contributed by atoms with E-state index in [0.717, 1.165) is 5.75 Å². The van der Waals surface area contributed by atoms with Gasteiger partial charge in [-0.15, -0.1) is 0 Å². The molecule has 0 aliphatic heterocycles. The zero-order valence-electron chi connectivity index (χ0n) is 7.24. The Labute approximate surface area is 72.6 Å². The van der Waals surface area contributed by atoms with E-state index in [-0.39, 0.29) is 6.10 Å². The molecule has 1 aromatic carbocycles. The van der Waals surface area contributed by atoms with E-state index in [0.29, 0.717) is 5.69 Å². The quantitative estimate of drug-likeness (QED) is 0.608. The lowest BCUT2D eigenvalue weighted by atomic mass is 10.3. The predicted molar refractivity (Wildman–Crippen MR) is 48.5 cm³/mol. The molecule has 2 nitrogen and oxygen atoms in total. The Hall–Kier alpha value is -1.49. The highest BCUT2D eigenvalue weighted by Crippen LogP contribution is 2.20. The van der Waals surface area contributed by atoms with Crippen molar-refractivity contribution in [3.63, 3.8) is 0 Å². The molecule has 1 rings (SSSR count). The molecule has 0 aliphatic carbocycles. The summed E-state index contributed by atoms with van der Waals surface area (Å²) in [6, 6.07) is 7.19. The van der Waals surface area contributed by atoms with Gasteiger partial charge in [0.15, 0.2) is 5.69 Å². The lowest BCUT2D eigenvalue weighted by Crippen LogP contribution is -2.04. The van der Waals surface area contributed by atoms with E-state index in [1.54, 1.807) is 12.1 Å². The van der Waals surface area contributed by atoms with Gasteiger partial charge >= 0.3 is 0 Å². The Bertz CT molecular complexity index is 299. The molecule has 0 amide bonds. The van der Waals surface area contributed by atoms with Crippen molar-refractivity contribution in [1.29, 1.82) is 0 Å². The van der Waals surface area contributed by atoms with Gasteiger partial charge in [-0.25, -0.2) is 4.85 Å². The minimum Gasteiger partial charge on any atom is -0.492 e. The Morgan fingerprint density at radius 2 is 2.17 bits per heavy atom. The molecule has 2 heteroatoms. The van der Waals surface area contributed by atoms with Gasteiger partial charge in [0, 0.05) is 0 Å². The lowest BCUT2D eigenvalue weighted by Gasteiger charge is -2.08. The minimum atomic E-state index is 0.158. The van der Waals surface area contributed by atoms with E-state index < -0.39 is 0 Å². The summed E-state index contributed by atoms with van der Waals surface area (Å²) < 4.78 is 5.41. The Kier molecular flexibility index (Phi) is 2.71. The molecule has 0 fully saturated rings. The van der Waals surface area contributed by atoms with Crippen LogP contribution in [0, 0.1) is 6.57 Å². The van der Waals surface area contributed by atoms with Crippen LogP contribution >= 0.6 is 0 Å². The summed E-state index contributed by atoms with van der Waals surface area (Å²) in [6.45, 7) is 10.7. The van der Waals surface area contributed by atoms with Gasteiger partial charge in [-0.3, -0.25) is 0 Å². The monoisotopic (exact) mass is 161 g/mol. The van der Waals surface area contributed by atoms with Crippen LogP contribution < -0.4 is 4.74 Å². The van der Waals surface area contributed by atoms with Gasteiger partial charge in [-0.2, -0.15) is 0 Å². The highest BCUT2D eigenvalue weighted by Gasteiger charge is 1.97. The number of hydrogen-bond acceptors (Lipinski definition) is 1. The third-order valence-electron chi connectivity index (χ3n) is 1.32. The van der Waals surface area contributed by atoms with Gasteiger partial charge in [0.1, 0.15) is 5.75 Å². The van der Waals surface area contributed by atoms with Gasteiger partial charge in [0.05, 0.1) is 12.7 Å². The molecule has 12 heavy (non-hydrogen) atoms. The van der Waals surface area contributed by atoms with E-state index in [1.165, 1.54) is 0 Å². The van der Waals surface area contributed by atoms with Gasteiger partial charge in [0.2, 0.25) is 0 Å². The molecule has 0 saturated heterocycles. The summed E-state index contributed by atoms with van der Waals surface area (Å²) in [5, 5.41) is 0. The van der Waals surface area contributed by atoms with Crippen molar-refractivity contribution in [2.24, 2.45) is 0 Å². The maximum Gasteiger partial charge on any atom is 0.190 e. The van der Waals surface area contributed by atoms with Crippen molar-refractivity contribution in [2.75, 3.05) is 0 Å². The highest BCUT2D eigenvalue weighted by molar-refractivity contribution is 5.48. The Morgan fingerprint density at radius 1 is 1.42 bits per heavy atom. The second-order valence-electron chi connectivity index (χ2n) is 2.78. The minimum absolute atomic E-state index is 0.158. The van der Waals surface area contributed by atoms with Crippen LogP contribution in [0.4, 0.5) is 5.69 Å². The maximum absolute atomic E-state index is 6.79. The van der Waals surface area contributed by atoms with E-state index >= 15 is 0 Å². The van der Waals surface area contributed by atoms with Crippen LogP contribution in [-0.4, -0.2) is 6.10 Å². The van der Waals surface area contributed by atoms with Crippen LogP contribution in [0.25, 0.3) is 4.85 Å². The van der Waals surface area contributed by atoms with Crippen LogP contribution in [0.3, 0.4) is 0 Å². The second kappa shape index (κ2) is 3.77. The molecular weight excluding hydrogens is 150 g/mol. The van der Waals surface area contributed by atoms with Gasteiger partial charge in [0.25, 0.3) is 0 Å². The second-order valence-corrected chi connectivity index (χ2v) is 2.78. The fourth-order valence-corrected chi connectivity index (χ4v) is 0.899. The van der Waals surface area contributed by atoms with E-state index in [2.05, 4.69) is 4.85 Å². The van der Waals surface area contributed by atoms with Crippen molar-refractivity contribution in [3.8, 4) is 5.75 Å². The zero-order valence-corrected chi connectivity index (χ0v) is 7.24. The molecule has 0 unspecified atom stereocenters. The van der Waals surface area contributed by atoms with E-state index in [4.69, 9.17) is 11.3 Å². The molecule has 0 heterocycles. The van der Waals surface area contributed by atoms with Crippen LogP contribution in [0.1, 0.15) is 13.8 Å². The molecule has 1 aromatic rings. The van der Waals surface area contributed by atoms with Crippen LogP contribution in [0.15, 0.2) is 24.3 Å². The Morgan fingerprint density at radius 3 is 2.75 bits per heavy atom. The molecule has 0 saturated carbocycles. The van der Waals surface area contributed by atoms with Crippen LogP contribution in [-0.2, 0) is 0 Å². The average Bonchev–Trinajstić information content (AvgIpc) is 2.03. The first-order chi connectivity index (χ1) is 5.72. The summed E-state index contributed by atoms with van der Waals surface area (Å²) in [7, 11) is 0. The van der Waals surface area contributed by atoms with Crippen molar-refractivity contribution >= 4 is 5.69 Å². The highest BCUT2D eigenvalue weighted by atomic mass is 16.5. The molecule has 0 aliphatic rings. The fourth-order valence-electron chi connectivity index (χ4n) is 0.899. The van der Waals surface area contributed by atoms with E-state index in [9.17, 15) is 0 Å². The Balaban J connectivity index is 2.81. The molecule has 0 aromatic heterocycles. The van der Waals surface area contributed by atoms with E-state index in [1.807, 2.05) is 26.0 Å². The summed E-state index contributed by atoms with van der Waals surface area (Å²) in [5.41, 5.74) is 0.619.